The monoisotopic (exact) mass is 479 g/mol. The normalized spacial score (nSPS) is 25.2. The van der Waals surface area contributed by atoms with E-state index in [0.717, 1.165) is 11.3 Å². The molecule has 0 aromatic heterocycles. The lowest BCUT2D eigenvalue weighted by molar-refractivity contribution is -0.384. The summed E-state index contributed by atoms with van der Waals surface area (Å²) in [5.41, 5.74) is 1.33. The average Bonchev–Trinajstić information content (AvgIpc) is 3.37. The molecule has 0 aliphatic carbocycles. The Kier molecular flexibility index (Phi) is 4.69. The Bertz CT molecular complexity index is 1510. The number of non-ortho nitro benzene ring substituents is 1. The number of anilines is 2. The maximum atomic E-state index is 14.3. The molecule has 3 aromatic rings. The number of amides is 1. The van der Waals surface area contributed by atoms with Crippen molar-refractivity contribution in [3.8, 4) is 0 Å². The summed E-state index contributed by atoms with van der Waals surface area (Å²) in [4.78, 5) is 54.4. The highest BCUT2D eigenvalue weighted by Gasteiger charge is 2.69. The van der Waals surface area contributed by atoms with Gasteiger partial charge in [0.2, 0.25) is 5.91 Å². The quantitative estimate of drug-likeness (QED) is 0.342. The van der Waals surface area contributed by atoms with Crippen LogP contribution in [-0.4, -0.2) is 34.5 Å². The lowest BCUT2D eigenvalue weighted by Gasteiger charge is -2.37. The predicted octanol–water partition coefficient (Wildman–Crippen LogP) is 4.16. The van der Waals surface area contributed by atoms with Crippen molar-refractivity contribution in [1.82, 2.24) is 0 Å². The van der Waals surface area contributed by atoms with Crippen LogP contribution < -0.4 is 10.2 Å². The maximum Gasteiger partial charge on any atom is 0.270 e. The van der Waals surface area contributed by atoms with Gasteiger partial charge in [-0.3, -0.25) is 24.5 Å². The lowest BCUT2D eigenvalue weighted by atomic mass is 9.64. The number of carbonyl (C=O) groups excluding carboxylic acids is 3. The van der Waals surface area contributed by atoms with Crippen LogP contribution in [0.25, 0.3) is 6.08 Å². The van der Waals surface area contributed by atoms with Crippen LogP contribution in [0.1, 0.15) is 28.4 Å². The van der Waals surface area contributed by atoms with Crippen LogP contribution in [-0.2, 0) is 15.0 Å². The molecule has 3 heterocycles. The number of hydrogen-bond acceptors (Lipinski definition) is 6. The van der Waals surface area contributed by atoms with Gasteiger partial charge >= 0.3 is 0 Å². The number of nitrogens with zero attached hydrogens (tertiary/aromatic N) is 2. The molecule has 1 saturated heterocycles. The summed E-state index contributed by atoms with van der Waals surface area (Å²) < 4.78 is 0. The second-order valence-electron chi connectivity index (χ2n) is 9.34. The highest BCUT2D eigenvalue weighted by Crippen LogP contribution is 2.57. The fraction of sp³-hybridized carbons (Fsp3) is 0.179. The van der Waals surface area contributed by atoms with Gasteiger partial charge in [0.05, 0.1) is 22.9 Å². The molecule has 1 spiro atoms. The van der Waals surface area contributed by atoms with E-state index in [1.165, 1.54) is 31.2 Å². The zero-order valence-electron chi connectivity index (χ0n) is 19.3. The number of nitrogens with one attached hydrogen (secondary N) is 1. The van der Waals surface area contributed by atoms with Crippen LogP contribution in [0.2, 0.25) is 0 Å². The minimum absolute atomic E-state index is 0.0918. The highest BCUT2D eigenvalue weighted by atomic mass is 16.6. The number of nitro benzene ring substituents is 1. The molecule has 3 aromatic carbocycles. The first-order valence-electron chi connectivity index (χ1n) is 11.6. The van der Waals surface area contributed by atoms with E-state index in [-0.39, 0.29) is 22.9 Å². The van der Waals surface area contributed by atoms with Crippen molar-refractivity contribution in [3.63, 3.8) is 0 Å². The third-order valence-corrected chi connectivity index (χ3v) is 7.58. The van der Waals surface area contributed by atoms with E-state index in [9.17, 15) is 24.5 Å². The first-order chi connectivity index (χ1) is 17.4. The first-order valence-corrected chi connectivity index (χ1v) is 11.6. The second kappa shape index (κ2) is 7.71. The first kappa shape index (κ1) is 21.9. The number of carbonyl (C=O) groups is 3. The Morgan fingerprint density at radius 2 is 1.78 bits per heavy atom. The van der Waals surface area contributed by atoms with Gasteiger partial charge in [-0.2, -0.15) is 0 Å². The van der Waals surface area contributed by atoms with Gasteiger partial charge in [-0.15, -0.1) is 0 Å². The SMILES string of the molecule is CC(=O)[C@H]1[C@H](C(=O)c2cccc([N+](=O)[O-])c2)[C@]2(C(=O)Nc3ccccc32)[C@H]2C=Cc3ccccc3N12. The van der Waals surface area contributed by atoms with Crippen LogP contribution in [0.5, 0.6) is 0 Å². The average molecular weight is 479 g/mol. The number of fused-ring (bicyclic) bond motifs is 6. The molecule has 6 rings (SSSR count). The Labute approximate surface area is 206 Å². The summed E-state index contributed by atoms with van der Waals surface area (Å²) >= 11 is 0. The Balaban J connectivity index is 1.65. The minimum atomic E-state index is -1.40. The zero-order chi connectivity index (χ0) is 25.2. The van der Waals surface area contributed by atoms with Crippen molar-refractivity contribution in [2.24, 2.45) is 5.92 Å². The smallest absolute Gasteiger partial charge is 0.270 e. The number of benzene rings is 3. The summed E-state index contributed by atoms with van der Waals surface area (Å²) in [5.74, 6) is -2.22. The molecule has 1 fully saturated rings. The maximum absolute atomic E-state index is 14.3. The molecule has 1 N–H and O–H groups in total. The van der Waals surface area contributed by atoms with E-state index in [1.54, 1.807) is 12.1 Å². The molecular weight excluding hydrogens is 458 g/mol. The van der Waals surface area contributed by atoms with Gasteiger partial charge in [-0.1, -0.05) is 60.7 Å². The highest BCUT2D eigenvalue weighted by molar-refractivity contribution is 6.16. The van der Waals surface area contributed by atoms with Gasteiger partial charge in [0.15, 0.2) is 11.6 Å². The van der Waals surface area contributed by atoms with Gasteiger partial charge in [0.1, 0.15) is 5.41 Å². The van der Waals surface area contributed by atoms with Crippen LogP contribution in [0.4, 0.5) is 17.1 Å². The number of ketones is 2. The summed E-state index contributed by atoms with van der Waals surface area (Å²) in [5, 5.41) is 14.4. The second-order valence-corrected chi connectivity index (χ2v) is 9.34. The van der Waals surface area contributed by atoms with Gasteiger partial charge in [-0.05, 0) is 30.2 Å². The molecule has 0 saturated carbocycles. The lowest BCUT2D eigenvalue weighted by Crippen LogP contribution is -2.51. The van der Waals surface area contributed by atoms with Crippen LogP contribution in [0.3, 0.4) is 0 Å². The third-order valence-electron chi connectivity index (χ3n) is 7.58. The predicted molar refractivity (Wildman–Crippen MR) is 134 cm³/mol. The number of para-hydroxylation sites is 2. The molecule has 3 aliphatic heterocycles. The summed E-state index contributed by atoms with van der Waals surface area (Å²) in [6.07, 6.45) is 3.81. The third kappa shape index (κ3) is 2.78. The van der Waals surface area contributed by atoms with Crippen molar-refractivity contribution in [2.45, 2.75) is 24.4 Å². The molecule has 3 aliphatic rings. The van der Waals surface area contributed by atoms with Crippen LogP contribution >= 0.6 is 0 Å². The summed E-state index contributed by atoms with van der Waals surface area (Å²) in [6.45, 7) is 1.42. The van der Waals surface area contributed by atoms with Crippen molar-refractivity contribution in [2.75, 3.05) is 10.2 Å². The molecule has 0 unspecified atom stereocenters. The number of nitro groups is 1. The number of rotatable bonds is 4. The van der Waals surface area contributed by atoms with Gasteiger partial charge in [-0.25, -0.2) is 0 Å². The van der Waals surface area contributed by atoms with Gasteiger partial charge in [0.25, 0.3) is 5.69 Å². The minimum Gasteiger partial charge on any atom is -0.352 e. The molecule has 0 radical (unpaired) electrons. The fourth-order valence-corrected chi connectivity index (χ4v) is 6.22. The largest absolute Gasteiger partial charge is 0.352 e. The van der Waals surface area contributed by atoms with Crippen molar-refractivity contribution in [3.05, 3.63) is 106 Å². The van der Waals surface area contributed by atoms with E-state index in [4.69, 9.17) is 0 Å². The van der Waals surface area contributed by atoms with E-state index in [0.29, 0.717) is 11.3 Å². The number of hydrogen-bond donors (Lipinski definition) is 1. The van der Waals surface area contributed by atoms with E-state index >= 15 is 0 Å². The zero-order valence-corrected chi connectivity index (χ0v) is 19.3. The molecule has 36 heavy (non-hydrogen) atoms. The standard InChI is InChI=1S/C28H21N3O5/c1-16(32)25-24(26(33)18-8-6-9-19(15-18)31(35)36)28(20-10-3-4-11-21(20)29-27(28)34)23-14-13-17-7-2-5-12-22(17)30(23)25/h2-15,23-25H,1H3,(H,29,34)/t23-,24-,25+,28-/m1/s1. The Morgan fingerprint density at radius 3 is 2.56 bits per heavy atom. The van der Waals surface area contributed by atoms with Crippen molar-refractivity contribution < 1.29 is 19.3 Å². The topological polar surface area (TPSA) is 110 Å². The fourth-order valence-electron chi connectivity index (χ4n) is 6.22. The number of Topliss-reactive ketones (excluding diaryl/α,β-unsaturated/α-hetero) is 2. The van der Waals surface area contributed by atoms with E-state index in [2.05, 4.69) is 5.32 Å². The van der Waals surface area contributed by atoms with Crippen LogP contribution in [0, 0.1) is 16.0 Å². The Hall–Kier alpha value is -4.59. The molecule has 4 atom stereocenters. The Morgan fingerprint density at radius 1 is 1.03 bits per heavy atom. The van der Waals surface area contributed by atoms with E-state index < -0.39 is 34.1 Å². The van der Waals surface area contributed by atoms with Gasteiger partial charge < -0.3 is 10.2 Å². The van der Waals surface area contributed by atoms with Crippen molar-refractivity contribution >= 4 is 40.6 Å². The summed E-state index contributed by atoms with van der Waals surface area (Å²) in [6, 6.07) is 18.7. The van der Waals surface area contributed by atoms with E-state index in [1.807, 2.05) is 53.5 Å². The summed E-state index contributed by atoms with van der Waals surface area (Å²) in [7, 11) is 0. The molecule has 178 valence electrons. The molecule has 0 bridgehead atoms. The van der Waals surface area contributed by atoms with Gasteiger partial charge in [0, 0.05) is 29.1 Å². The molecule has 8 nitrogen and oxygen atoms in total. The molecular formula is C28H21N3O5. The van der Waals surface area contributed by atoms with Crippen molar-refractivity contribution in [1.29, 1.82) is 0 Å². The molecule has 1 amide bonds. The molecule has 8 heteroatoms. The van der Waals surface area contributed by atoms with Crippen LogP contribution in [0.15, 0.2) is 78.9 Å².